The van der Waals surface area contributed by atoms with E-state index < -0.39 is 0 Å². The molecule has 0 unspecified atom stereocenters. The van der Waals surface area contributed by atoms with Gasteiger partial charge in [0, 0.05) is 51.5 Å². The highest BCUT2D eigenvalue weighted by molar-refractivity contribution is 5.88. The van der Waals surface area contributed by atoms with E-state index in [4.69, 9.17) is 4.99 Å². The summed E-state index contributed by atoms with van der Waals surface area (Å²) >= 11 is 0. The Kier molecular flexibility index (Phi) is 6.84. The van der Waals surface area contributed by atoms with Gasteiger partial charge in [0.1, 0.15) is 5.82 Å². The van der Waals surface area contributed by atoms with E-state index in [1.165, 1.54) is 6.92 Å². The van der Waals surface area contributed by atoms with E-state index in [1.54, 1.807) is 0 Å². The minimum Gasteiger partial charge on any atom is -0.357 e. The standard InChI is InChI=1S/C21H28N6O/c1-3-22-21(24-16-18-7-6-8-19(15-18)25-17(2)28)27-13-11-26(12-14-27)20-9-4-5-10-23-20/h4-10,15H,3,11-14,16H2,1-2H3,(H,22,24)(H,25,28). The second-order valence-corrected chi connectivity index (χ2v) is 6.71. The van der Waals surface area contributed by atoms with Crippen LogP contribution in [-0.4, -0.2) is 54.5 Å². The number of guanidine groups is 1. The molecule has 0 spiro atoms. The van der Waals surface area contributed by atoms with Crippen LogP contribution >= 0.6 is 0 Å². The third kappa shape index (κ3) is 5.45. The number of hydrogen-bond donors (Lipinski definition) is 2. The number of aromatic nitrogens is 1. The lowest BCUT2D eigenvalue weighted by atomic mass is 10.2. The summed E-state index contributed by atoms with van der Waals surface area (Å²) in [5.74, 6) is 1.88. The third-order valence-corrected chi connectivity index (χ3v) is 4.55. The van der Waals surface area contributed by atoms with E-state index in [-0.39, 0.29) is 5.91 Å². The summed E-state index contributed by atoms with van der Waals surface area (Å²) in [6.07, 6.45) is 1.84. The van der Waals surface area contributed by atoms with Crippen molar-refractivity contribution in [2.75, 3.05) is 42.9 Å². The van der Waals surface area contributed by atoms with Gasteiger partial charge in [0.2, 0.25) is 5.91 Å². The van der Waals surface area contributed by atoms with E-state index >= 15 is 0 Å². The number of hydrogen-bond acceptors (Lipinski definition) is 4. The average molecular weight is 380 g/mol. The largest absolute Gasteiger partial charge is 0.357 e. The first-order valence-corrected chi connectivity index (χ1v) is 9.71. The van der Waals surface area contributed by atoms with Crippen molar-refractivity contribution < 1.29 is 4.79 Å². The number of piperazine rings is 1. The molecule has 1 amide bonds. The maximum atomic E-state index is 11.2. The van der Waals surface area contributed by atoms with E-state index in [2.05, 4.69) is 38.4 Å². The van der Waals surface area contributed by atoms with Crippen LogP contribution in [0.4, 0.5) is 11.5 Å². The number of nitrogens with zero attached hydrogens (tertiary/aromatic N) is 4. The van der Waals surface area contributed by atoms with Crippen molar-refractivity contribution in [1.29, 1.82) is 0 Å². The maximum Gasteiger partial charge on any atom is 0.221 e. The van der Waals surface area contributed by atoms with Gasteiger partial charge in [-0.15, -0.1) is 0 Å². The summed E-state index contributed by atoms with van der Waals surface area (Å²) in [7, 11) is 0. The van der Waals surface area contributed by atoms with E-state index in [0.29, 0.717) is 6.54 Å². The average Bonchev–Trinajstić information content (AvgIpc) is 2.72. The molecule has 0 atom stereocenters. The number of nitrogens with one attached hydrogen (secondary N) is 2. The Bertz CT molecular complexity index is 800. The van der Waals surface area contributed by atoms with Crippen molar-refractivity contribution >= 4 is 23.4 Å². The second kappa shape index (κ2) is 9.73. The van der Waals surface area contributed by atoms with Gasteiger partial charge in [-0.25, -0.2) is 9.98 Å². The van der Waals surface area contributed by atoms with Crippen molar-refractivity contribution in [3.8, 4) is 0 Å². The molecule has 0 saturated carbocycles. The molecule has 28 heavy (non-hydrogen) atoms. The highest BCUT2D eigenvalue weighted by Gasteiger charge is 2.20. The van der Waals surface area contributed by atoms with Crippen molar-refractivity contribution in [3.05, 3.63) is 54.2 Å². The molecule has 7 nitrogen and oxygen atoms in total. The van der Waals surface area contributed by atoms with Crippen molar-refractivity contribution in [2.45, 2.75) is 20.4 Å². The van der Waals surface area contributed by atoms with Gasteiger partial charge in [-0.3, -0.25) is 4.79 Å². The van der Waals surface area contributed by atoms with Crippen LogP contribution in [0.15, 0.2) is 53.7 Å². The minimum atomic E-state index is -0.0697. The summed E-state index contributed by atoms with van der Waals surface area (Å²) in [6, 6.07) is 13.8. The number of carbonyl (C=O) groups excluding carboxylic acids is 1. The van der Waals surface area contributed by atoms with Crippen LogP contribution in [0.1, 0.15) is 19.4 Å². The highest BCUT2D eigenvalue weighted by atomic mass is 16.1. The molecule has 3 rings (SSSR count). The van der Waals surface area contributed by atoms with E-state index in [9.17, 15) is 4.79 Å². The lowest BCUT2D eigenvalue weighted by Crippen LogP contribution is -2.52. The van der Waals surface area contributed by atoms with Crippen LogP contribution in [-0.2, 0) is 11.3 Å². The van der Waals surface area contributed by atoms with Gasteiger partial charge in [0.25, 0.3) is 0 Å². The molecular formula is C21H28N6O. The van der Waals surface area contributed by atoms with Gasteiger partial charge in [-0.2, -0.15) is 0 Å². The van der Waals surface area contributed by atoms with E-state index in [1.807, 2.05) is 42.6 Å². The lowest BCUT2D eigenvalue weighted by molar-refractivity contribution is -0.114. The quantitative estimate of drug-likeness (QED) is 0.615. The van der Waals surface area contributed by atoms with Gasteiger partial charge < -0.3 is 20.4 Å². The Balaban J connectivity index is 1.63. The van der Waals surface area contributed by atoms with Crippen LogP contribution in [0.25, 0.3) is 0 Å². The molecule has 1 fully saturated rings. The molecule has 0 radical (unpaired) electrons. The van der Waals surface area contributed by atoms with Crippen molar-refractivity contribution in [1.82, 2.24) is 15.2 Å². The van der Waals surface area contributed by atoms with Crippen LogP contribution in [0, 0.1) is 0 Å². The predicted octanol–water partition coefficient (Wildman–Crippen LogP) is 2.33. The Hall–Kier alpha value is -3.09. The van der Waals surface area contributed by atoms with Gasteiger partial charge in [-0.05, 0) is 36.8 Å². The topological polar surface area (TPSA) is 72.9 Å². The van der Waals surface area contributed by atoms with Gasteiger partial charge in [0.15, 0.2) is 5.96 Å². The molecule has 1 aliphatic rings. The van der Waals surface area contributed by atoms with Crippen LogP contribution in [0.5, 0.6) is 0 Å². The number of carbonyl (C=O) groups is 1. The fourth-order valence-electron chi connectivity index (χ4n) is 3.23. The summed E-state index contributed by atoms with van der Waals surface area (Å²) in [6.45, 7) is 8.61. The SMILES string of the molecule is CCNC(=NCc1cccc(NC(C)=O)c1)N1CCN(c2ccccn2)CC1. The summed E-state index contributed by atoms with van der Waals surface area (Å²) in [5.41, 5.74) is 1.86. The molecule has 1 aromatic carbocycles. The first-order chi connectivity index (χ1) is 13.7. The Morgan fingerprint density at radius 2 is 1.96 bits per heavy atom. The Labute approximate surface area is 166 Å². The molecular weight excluding hydrogens is 352 g/mol. The van der Waals surface area contributed by atoms with Gasteiger partial charge in [-0.1, -0.05) is 18.2 Å². The zero-order valence-electron chi connectivity index (χ0n) is 16.6. The summed E-state index contributed by atoms with van der Waals surface area (Å²) < 4.78 is 0. The van der Waals surface area contributed by atoms with Gasteiger partial charge >= 0.3 is 0 Å². The van der Waals surface area contributed by atoms with Crippen LogP contribution in [0.3, 0.4) is 0 Å². The van der Waals surface area contributed by atoms with Crippen LogP contribution < -0.4 is 15.5 Å². The molecule has 7 heteroatoms. The summed E-state index contributed by atoms with van der Waals surface area (Å²) in [4.78, 5) is 25.1. The highest BCUT2D eigenvalue weighted by Crippen LogP contribution is 2.14. The fraction of sp³-hybridized carbons (Fsp3) is 0.381. The van der Waals surface area contributed by atoms with Crippen LogP contribution in [0.2, 0.25) is 0 Å². The molecule has 2 heterocycles. The number of aliphatic imine (C=N–C) groups is 1. The molecule has 1 aromatic heterocycles. The molecule has 1 aliphatic heterocycles. The Morgan fingerprint density at radius 1 is 1.14 bits per heavy atom. The zero-order chi connectivity index (χ0) is 19.8. The molecule has 148 valence electrons. The smallest absolute Gasteiger partial charge is 0.221 e. The number of benzene rings is 1. The van der Waals surface area contributed by atoms with E-state index in [0.717, 1.165) is 55.8 Å². The summed E-state index contributed by atoms with van der Waals surface area (Å²) in [5, 5.41) is 6.21. The molecule has 2 aromatic rings. The first-order valence-electron chi connectivity index (χ1n) is 9.71. The Morgan fingerprint density at radius 3 is 2.64 bits per heavy atom. The second-order valence-electron chi connectivity index (χ2n) is 6.71. The van der Waals surface area contributed by atoms with Gasteiger partial charge in [0.05, 0.1) is 6.54 Å². The number of anilines is 2. The fourth-order valence-corrected chi connectivity index (χ4v) is 3.23. The molecule has 0 bridgehead atoms. The number of rotatable bonds is 5. The predicted molar refractivity (Wildman–Crippen MR) is 114 cm³/mol. The maximum absolute atomic E-state index is 11.2. The number of amides is 1. The number of pyridine rings is 1. The van der Waals surface area contributed by atoms with Crippen molar-refractivity contribution in [2.24, 2.45) is 4.99 Å². The third-order valence-electron chi connectivity index (χ3n) is 4.55. The minimum absolute atomic E-state index is 0.0697. The molecule has 2 N–H and O–H groups in total. The van der Waals surface area contributed by atoms with Crippen molar-refractivity contribution in [3.63, 3.8) is 0 Å². The first kappa shape index (κ1) is 19.7. The molecule has 0 aliphatic carbocycles. The zero-order valence-corrected chi connectivity index (χ0v) is 16.6. The lowest BCUT2D eigenvalue weighted by Gasteiger charge is -2.37. The normalized spacial score (nSPS) is 14.7. The molecule has 1 saturated heterocycles. The monoisotopic (exact) mass is 380 g/mol.